The van der Waals surface area contributed by atoms with E-state index in [-0.39, 0.29) is 5.91 Å². The molecular formula is C30H29N5O+2. The zero-order valence-electron chi connectivity index (χ0n) is 20.6. The van der Waals surface area contributed by atoms with Gasteiger partial charge in [-0.15, -0.1) is 0 Å². The zero-order chi connectivity index (χ0) is 25.1. The van der Waals surface area contributed by atoms with E-state index in [0.717, 1.165) is 44.9 Å². The third kappa shape index (κ3) is 5.03. The Kier molecular flexibility index (Phi) is 6.33. The standard InChI is InChI=1S/C30H27N5O/c1-21-20-35(3)28-7-5-4-6-27(28)29(21)32-24-10-8-22(9-11-24)30(36)33-25-14-12-23(13-15-25)31-26-16-18-34(2)19-17-26/h4-20H,1-3H3,(H,33,36)/p+2. The number of benzene rings is 3. The van der Waals surface area contributed by atoms with E-state index < -0.39 is 0 Å². The van der Waals surface area contributed by atoms with Crippen LogP contribution >= 0.6 is 0 Å². The number of nitrogens with one attached hydrogen (secondary N) is 3. The predicted octanol–water partition coefficient (Wildman–Crippen LogP) is 5.54. The summed E-state index contributed by atoms with van der Waals surface area (Å²) >= 11 is 0. The maximum absolute atomic E-state index is 12.8. The van der Waals surface area contributed by atoms with E-state index in [0.29, 0.717) is 5.56 Å². The first-order valence-electron chi connectivity index (χ1n) is 11.8. The molecule has 5 aromatic rings. The number of para-hydroxylation sites is 1. The molecule has 3 aromatic carbocycles. The van der Waals surface area contributed by atoms with Crippen LogP contribution in [0, 0.1) is 6.92 Å². The summed E-state index contributed by atoms with van der Waals surface area (Å²) in [4.78, 5) is 12.8. The second kappa shape index (κ2) is 9.88. The molecule has 36 heavy (non-hydrogen) atoms. The lowest BCUT2D eigenvalue weighted by molar-refractivity contribution is -0.671. The SMILES string of the molecule is Cc1c[n+](C)c2ccccc2c1Nc1ccc(C(=O)Nc2ccc(Nc3cc[n+](C)cc3)cc2)cc1. The van der Waals surface area contributed by atoms with E-state index in [9.17, 15) is 4.79 Å². The Hall–Kier alpha value is -4.71. The molecule has 0 saturated heterocycles. The quantitative estimate of drug-likeness (QED) is 0.283. The van der Waals surface area contributed by atoms with Crippen molar-refractivity contribution in [2.24, 2.45) is 14.1 Å². The lowest BCUT2D eigenvalue weighted by atomic mass is 10.1. The van der Waals surface area contributed by atoms with Crippen LogP contribution in [0.5, 0.6) is 0 Å². The van der Waals surface area contributed by atoms with Crippen LogP contribution in [0.2, 0.25) is 0 Å². The van der Waals surface area contributed by atoms with Crippen LogP contribution in [0.25, 0.3) is 10.9 Å². The van der Waals surface area contributed by atoms with Gasteiger partial charge in [-0.2, -0.15) is 0 Å². The first kappa shape index (κ1) is 23.1. The number of hydrogen-bond acceptors (Lipinski definition) is 3. The van der Waals surface area contributed by atoms with Crippen molar-refractivity contribution in [3.63, 3.8) is 0 Å². The van der Waals surface area contributed by atoms with Crippen molar-refractivity contribution in [2.45, 2.75) is 6.92 Å². The summed E-state index contributed by atoms with van der Waals surface area (Å²) in [5, 5.41) is 11.0. The van der Waals surface area contributed by atoms with Crippen LogP contribution in [-0.2, 0) is 14.1 Å². The van der Waals surface area contributed by atoms with Crippen molar-refractivity contribution in [3.05, 3.63) is 115 Å². The number of hydrogen-bond donors (Lipinski definition) is 3. The fraction of sp³-hybridized carbons (Fsp3) is 0.100. The number of carbonyl (C=O) groups excluding carboxylic acids is 1. The molecule has 2 aromatic heterocycles. The number of rotatable bonds is 6. The Balaban J connectivity index is 1.25. The second-order valence-electron chi connectivity index (χ2n) is 8.93. The van der Waals surface area contributed by atoms with E-state index in [4.69, 9.17) is 0 Å². The number of amides is 1. The molecule has 6 nitrogen and oxygen atoms in total. The van der Waals surface area contributed by atoms with Crippen molar-refractivity contribution in [1.82, 2.24) is 0 Å². The van der Waals surface area contributed by atoms with Gasteiger partial charge in [0, 0.05) is 46.4 Å². The van der Waals surface area contributed by atoms with Crippen LogP contribution in [0.3, 0.4) is 0 Å². The van der Waals surface area contributed by atoms with Crippen LogP contribution in [-0.4, -0.2) is 5.91 Å². The number of aryl methyl sites for hydroxylation is 3. The normalized spacial score (nSPS) is 10.8. The molecule has 0 aliphatic carbocycles. The minimum Gasteiger partial charge on any atom is -0.355 e. The number of anilines is 5. The van der Waals surface area contributed by atoms with Crippen molar-refractivity contribution in [3.8, 4) is 0 Å². The predicted molar refractivity (Wildman–Crippen MR) is 145 cm³/mol. The van der Waals surface area contributed by atoms with Crippen molar-refractivity contribution < 1.29 is 13.9 Å². The highest BCUT2D eigenvalue weighted by Gasteiger charge is 2.14. The highest BCUT2D eigenvalue weighted by molar-refractivity contribution is 6.04. The third-order valence-corrected chi connectivity index (χ3v) is 6.16. The zero-order valence-corrected chi connectivity index (χ0v) is 20.6. The number of aromatic nitrogens is 2. The lowest BCUT2D eigenvalue weighted by Gasteiger charge is -2.12. The van der Waals surface area contributed by atoms with Gasteiger partial charge in [0.15, 0.2) is 18.6 Å². The fourth-order valence-corrected chi connectivity index (χ4v) is 4.24. The molecule has 0 spiro atoms. The van der Waals surface area contributed by atoms with Gasteiger partial charge in [-0.05, 0) is 61.5 Å². The Morgan fingerprint density at radius 3 is 2.00 bits per heavy atom. The van der Waals surface area contributed by atoms with Crippen molar-refractivity contribution in [2.75, 3.05) is 16.0 Å². The lowest BCUT2D eigenvalue weighted by Crippen LogP contribution is -2.29. The summed E-state index contributed by atoms with van der Waals surface area (Å²) in [5.74, 6) is -0.147. The van der Waals surface area contributed by atoms with E-state index >= 15 is 0 Å². The smallest absolute Gasteiger partial charge is 0.255 e. The molecule has 3 N–H and O–H groups in total. The minimum atomic E-state index is -0.147. The van der Waals surface area contributed by atoms with Gasteiger partial charge in [-0.25, -0.2) is 9.13 Å². The molecule has 5 rings (SSSR count). The highest BCUT2D eigenvalue weighted by Crippen LogP contribution is 2.28. The van der Waals surface area contributed by atoms with Gasteiger partial charge in [-0.1, -0.05) is 12.1 Å². The first-order valence-corrected chi connectivity index (χ1v) is 11.8. The van der Waals surface area contributed by atoms with E-state index in [2.05, 4.69) is 52.8 Å². The summed E-state index contributed by atoms with van der Waals surface area (Å²) in [6.07, 6.45) is 6.09. The Bertz CT molecular complexity index is 1530. The van der Waals surface area contributed by atoms with Crippen LogP contribution in [0.1, 0.15) is 15.9 Å². The van der Waals surface area contributed by atoms with E-state index in [1.54, 1.807) is 0 Å². The molecule has 6 heteroatoms. The largest absolute Gasteiger partial charge is 0.355 e. The molecule has 1 amide bonds. The molecular weight excluding hydrogens is 446 g/mol. The van der Waals surface area contributed by atoms with Crippen LogP contribution in [0.15, 0.2) is 104 Å². The number of nitrogens with zero attached hydrogens (tertiary/aromatic N) is 2. The van der Waals surface area contributed by atoms with Gasteiger partial charge in [0.05, 0.1) is 16.8 Å². The molecule has 0 atom stereocenters. The summed E-state index contributed by atoms with van der Waals surface area (Å²) in [6.45, 7) is 2.09. The molecule has 0 aliphatic heterocycles. The average Bonchev–Trinajstić information content (AvgIpc) is 2.89. The van der Waals surface area contributed by atoms with Crippen LogP contribution < -0.4 is 25.1 Å². The Labute approximate surface area is 210 Å². The fourth-order valence-electron chi connectivity index (χ4n) is 4.24. The number of fused-ring (bicyclic) bond motifs is 1. The van der Waals surface area contributed by atoms with Crippen LogP contribution in [0.4, 0.5) is 28.4 Å². The van der Waals surface area contributed by atoms with Crippen molar-refractivity contribution >= 4 is 45.2 Å². The van der Waals surface area contributed by atoms with Gasteiger partial charge in [0.1, 0.15) is 14.1 Å². The molecule has 0 radical (unpaired) electrons. The molecule has 0 bridgehead atoms. The molecule has 0 unspecified atom stereocenters. The van der Waals surface area contributed by atoms with E-state index in [1.165, 1.54) is 0 Å². The summed E-state index contributed by atoms with van der Waals surface area (Å²) in [6, 6.07) is 27.6. The number of pyridine rings is 2. The topological polar surface area (TPSA) is 60.9 Å². The van der Waals surface area contributed by atoms with Gasteiger partial charge in [0.2, 0.25) is 5.52 Å². The maximum Gasteiger partial charge on any atom is 0.255 e. The molecule has 178 valence electrons. The number of carbonyl (C=O) groups is 1. The first-order chi connectivity index (χ1) is 17.5. The minimum absolute atomic E-state index is 0.147. The summed E-state index contributed by atoms with van der Waals surface area (Å²) in [5.41, 5.74) is 7.60. The summed E-state index contributed by atoms with van der Waals surface area (Å²) < 4.78 is 4.12. The Morgan fingerprint density at radius 2 is 1.28 bits per heavy atom. The second-order valence-corrected chi connectivity index (χ2v) is 8.93. The van der Waals surface area contributed by atoms with Gasteiger partial charge >= 0.3 is 0 Å². The maximum atomic E-state index is 12.8. The highest BCUT2D eigenvalue weighted by atomic mass is 16.1. The molecule has 0 aliphatic rings. The van der Waals surface area contributed by atoms with Gasteiger partial charge in [0.25, 0.3) is 5.91 Å². The molecule has 0 saturated carbocycles. The molecule has 0 fully saturated rings. The molecule has 2 heterocycles. The monoisotopic (exact) mass is 475 g/mol. The van der Waals surface area contributed by atoms with Gasteiger partial charge in [-0.3, -0.25) is 4.79 Å². The average molecular weight is 476 g/mol. The third-order valence-electron chi connectivity index (χ3n) is 6.16. The van der Waals surface area contributed by atoms with Gasteiger partial charge < -0.3 is 16.0 Å². The summed E-state index contributed by atoms with van der Waals surface area (Å²) in [7, 11) is 4.04. The van der Waals surface area contributed by atoms with Crippen molar-refractivity contribution in [1.29, 1.82) is 0 Å². The van der Waals surface area contributed by atoms with E-state index in [1.807, 2.05) is 96.8 Å². The Morgan fingerprint density at radius 1 is 0.694 bits per heavy atom.